The molecule has 1 aliphatic rings. The molecule has 6 heteroatoms. The number of anilines is 3. The molecular weight excluding hydrogens is 328 g/mol. The molecule has 0 atom stereocenters. The van der Waals surface area contributed by atoms with Gasteiger partial charge >= 0.3 is 5.97 Å². The van der Waals surface area contributed by atoms with Gasteiger partial charge in [-0.2, -0.15) is 0 Å². The standard InChI is InChI=1S/C20H26N4O2/c1-2-3-4-15-7-10-18(20(25)26)19(22-15)23-16-5-8-17(9-6-16)24-13-11-21-12-14-24/h5-10,21H,2-4,11-14H2,1H3,(H,22,23)(H,25,26). The number of piperazine rings is 1. The average molecular weight is 354 g/mol. The molecule has 2 aromatic rings. The van der Waals surface area contributed by atoms with Gasteiger partial charge in [0.1, 0.15) is 11.4 Å². The Morgan fingerprint density at radius 2 is 1.92 bits per heavy atom. The summed E-state index contributed by atoms with van der Waals surface area (Å²) in [7, 11) is 0. The van der Waals surface area contributed by atoms with Gasteiger partial charge in [-0.3, -0.25) is 0 Å². The van der Waals surface area contributed by atoms with E-state index in [9.17, 15) is 9.90 Å². The van der Waals surface area contributed by atoms with Crippen molar-refractivity contribution in [3.8, 4) is 0 Å². The number of hydrogen-bond donors (Lipinski definition) is 3. The number of hydrogen-bond acceptors (Lipinski definition) is 5. The van der Waals surface area contributed by atoms with Crippen LogP contribution in [0.3, 0.4) is 0 Å². The lowest BCUT2D eigenvalue weighted by Gasteiger charge is -2.29. The van der Waals surface area contributed by atoms with E-state index in [0.717, 1.165) is 56.8 Å². The fraction of sp³-hybridized carbons (Fsp3) is 0.400. The van der Waals surface area contributed by atoms with Crippen LogP contribution in [0.2, 0.25) is 0 Å². The molecule has 1 aromatic heterocycles. The van der Waals surface area contributed by atoms with Crippen molar-refractivity contribution in [3.05, 3.63) is 47.7 Å². The quantitative estimate of drug-likeness (QED) is 0.708. The number of unbranched alkanes of at least 4 members (excludes halogenated alkanes) is 1. The van der Waals surface area contributed by atoms with Gasteiger partial charge in [-0.15, -0.1) is 0 Å². The van der Waals surface area contributed by atoms with Gasteiger partial charge in [-0.05, 0) is 49.2 Å². The first-order valence-electron chi connectivity index (χ1n) is 9.23. The molecular formula is C20H26N4O2. The highest BCUT2D eigenvalue weighted by Gasteiger charge is 2.14. The molecule has 0 amide bonds. The largest absolute Gasteiger partial charge is 0.478 e. The van der Waals surface area contributed by atoms with Crippen molar-refractivity contribution in [2.75, 3.05) is 36.4 Å². The Kier molecular flexibility index (Phi) is 6.07. The zero-order valence-corrected chi connectivity index (χ0v) is 15.2. The number of rotatable bonds is 7. The lowest BCUT2D eigenvalue weighted by atomic mass is 10.1. The second kappa shape index (κ2) is 8.67. The molecule has 3 rings (SSSR count). The molecule has 1 fully saturated rings. The van der Waals surface area contributed by atoms with Gasteiger partial charge in [-0.1, -0.05) is 13.3 Å². The van der Waals surface area contributed by atoms with Gasteiger partial charge in [0.2, 0.25) is 0 Å². The van der Waals surface area contributed by atoms with Crippen molar-refractivity contribution in [1.82, 2.24) is 10.3 Å². The number of benzene rings is 1. The highest BCUT2D eigenvalue weighted by atomic mass is 16.4. The summed E-state index contributed by atoms with van der Waals surface area (Å²) in [5.41, 5.74) is 3.12. The molecule has 0 spiro atoms. The van der Waals surface area contributed by atoms with E-state index in [0.29, 0.717) is 5.82 Å². The van der Waals surface area contributed by atoms with Gasteiger partial charge < -0.3 is 20.6 Å². The fourth-order valence-electron chi connectivity index (χ4n) is 3.08. The smallest absolute Gasteiger partial charge is 0.339 e. The highest BCUT2D eigenvalue weighted by molar-refractivity contribution is 5.94. The summed E-state index contributed by atoms with van der Waals surface area (Å²) in [6.07, 6.45) is 2.98. The zero-order valence-electron chi connectivity index (χ0n) is 15.2. The molecule has 0 saturated carbocycles. The molecule has 3 N–H and O–H groups in total. The van der Waals surface area contributed by atoms with Crippen LogP contribution in [-0.2, 0) is 6.42 Å². The first-order valence-corrected chi connectivity index (χ1v) is 9.23. The van der Waals surface area contributed by atoms with Crippen LogP contribution < -0.4 is 15.5 Å². The minimum absolute atomic E-state index is 0.191. The van der Waals surface area contributed by atoms with Crippen LogP contribution >= 0.6 is 0 Å². The van der Waals surface area contributed by atoms with E-state index in [2.05, 4.69) is 39.6 Å². The third-order valence-corrected chi connectivity index (χ3v) is 4.58. The molecule has 1 aliphatic heterocycles. The Balaban J connectivity index is 1.77. The van der Waals surface area contributed by atoms with Gasteiger partial charge in [0.25, 0.3) is 0 Å². The third-order valence-electron chi connectivity index (χ3n) is 4.58. The predicted molar refractivity (Wildman–Crippen MR) is 105 cm³/mol. The second-order valence-electron chi connectivity index (χ2n) is 6.52. The van der Waals surface area contributed by atoms with Gasteiger partial charge in [0, 0.05) is 43.2 Å². The van der Waals surface area contributed by atoms with E-state index < -0.39 is 5.97 Å². The molecule has 0 unspecified atom stereocenters. The molecule has 2 heterocycles. The number of carbonyl (C=O) groups is 1. The Labute approximate surface area is 154 Å². The van der Waals surface area contributed by atoms with Crippen LogP contribution in [0.1, 0.15) is 35.8 Å². The molecule has 138 valence electrons. The lowest BCUT2D eigenvalue weighted by Crippen LogP contribution is -2.43. The minimum Gasteiger partial charge on any atom is -0.478 e. The normalized spacial score (nSPS) is 14.3. The van der Waals surface area contributed by atoms with Gasteiger partial charge in [0.15, 0.2) is 0 Å². The van der Waals surface area contributed by atoms with Crippen LogP contribution in [0.15, 0.2) is 36.4 Å². The van der Waals surface area contributed by atoms with Crippen molar-refractivity contribution in [2.45, 2.75) is 26.2 Å². The Morgan fingerprint density at radius 1 is 1.19 bits per heavy atom. The lowest BCUT2D eigenvalue weighted by molar-refractivity contribution is 0.0697. The van der Waals surface area contributed by atoms with Crippen molar-refractivity contribution in [3.63, 3.8) is 0 Å². The molecule has 1 aromatic carbocycles. The van der Waals surface area contributed by atoms with E-state index in [-0.39, 0.29) is 5.56 Å². The van der Waals surface area contributed by atoms with Crippen LogP contribution in [-0.4, -0.2) is 42.2 Å². The van der Waals surface area contributed by atoms with E-state index in [1.54, 1.807) is 12.1 Å². The second-order valence-corrected chi connectivity index (χ2v) is 6.52. The van der Waals surface area contributed by atoms with Crippen molar-refractivity contribution < 1.29 is 9.90 Å². The number of aromatic nitrogens is 1. The first-order chi connectivity index (χ1) is 12.7. The average Bonchev–Trinajstić information content (AvgIpc) is 2.67. The Bertz CT molecular complexity index is 740. The van der Waals surface area contributed by atoms with Crippen molar-refractivity contribution in [1.29, 1.82) is 0 Å². The summed E-state index contributed by atoms with van der Waals surface area (Å²) in [4.78, 5) is 18.4. The third kappa shape index (κ3) is 4.52. The maximum atomic E-state index is 11.5. The summed E-state index contributed by atoms with van der Waals surface area (Å²) in [5.74, 6) is -0.569. The maximum absolute atomic E-state index is 11.5. The summed E-state index contributed by atoms with van der Waals surface area (Å²) < 4.78 is 0. The number of carboxylic acids is 1. The van der Waals surface area contributed by atoms with Crippen LogP contribution in [0.4, 0.5) is 17.2 Å². The number of carboxylic acid groups (broad SMARTS) is 1. The number of nitrogens with zero attached hydrogens (tertiary/aromatic N) is 2. The molecule has 0 aliphatic carbocycles. The van der Waals surface area contributed by atoms with Crippen LogP contribution in [0, 0.1) is 0 Å². The summed E-state index contributed by atoms with van der Waals surface area (Å²) in [5, 5.41) is 16.0. The minimum atomic E-state index is -0.973. The first kappa shape index (κ1) is 18.2. The highest BCUT2D eigenvalue weighted by Crippen LogP contribution is 2.23. The number of pyridine rings is 1. The van der Waals surface area contributed by atoms with E-state index in [1.807, 2.05) is 12.1 Å². The maximum Gasteiger partial charge on any atom is 0.339 e. The fourth-order valence-corrected chi connectivity index (χ4v) is 3.08. The van der Waals surface area contributed by atoms with Crippen molar-refractivity contribution >= 4 is 23.2 Å². The molecule has 1 saturated heterocycles. The zero-order chi connectivity index (χ0) is 18.4. The van der Waals surface area contributed by atoms with Gasteiger partial charge in [0.05, 0.1) is 0 Å². The summed E-state index contributed by atoms with van der Waals surface area (Å²) in [6, 6.07) is 11.5. The Morgan fingerprint density at radius 3 is 2.58 bits per heavy atom. The van der Waals surface area contributed by atoms with Crippen LogP contribution in [0.5, 0.6) is 0 Å². The van der Waals surface area contributed by atoms with Crippen LogP contribution in [0.25, 0.3) is 0 Å². The topological polar surface area (TPSA) is 77.5 Å². The molecule has 6 nitrogen and oxygen atoms in total. The number of aromatic carboxylic acids is 1. The SMILES string of the molecule is CCCCc1ccc(C(=O)O)c(Nc2ccc(N3CCNCC3)cc2)n1. The summed E-state index contributed by atoms with van der Waals surface area (Å²) >= 11 is 0. The Hall–Kier alpha value is -2.60. The molecule has 0 bridgehead atoms. The van der Waals surface area contributed by atoms with E-state index in [4.69, 9.17) is 0 Å². The monoisotopic (exact) mass is 354 g/mol. The molecule has 0 radical (unpaired) electrons. The number of nitrogens with one attached hydrogen (secondary N) is 2. The van der Waals surface area contributed by atoms with Crippen molar-refractivity contribution in [2.24, 2.45) is 0 Å². The molecule has 26 heavy (non-hydrogen) atoms. The van der Waals surface area contributed by atoms with Gasteiger partial charge in [-0.25, -0.2) is 9.78 Å². The van der Waals surface area contributed by atoms with E-state index in [1.165, 1.54) is 5.69 Å². The number of aryl methyl sites for hydroxylation is 1. The van der Waals surface area contributed by atoms with E-state index >= 15 is 0 Å². The summed E-state index contributed by atoms with van der Waals surface area (Å²) in [6.45, 7) is 6.12. The predicted octanol–water partition coefficient (Wildman–Crippen LogP) is 3.28.